The molecule has 0 bridgehead atoms. The van der Waals surface area contributed by atoms with Crippen molar-refractivity contribution in [3.8, 4) is 0 Å². The molecule has 1 fully saturated rings. The van der Waals surface area contributed by atoms with Crippen molar-refractivity contribution in [2.75, 3.05) is 0 Å². The van der Waals surface area contributed by atoms with Gasteiger partial charge in [-0.2, -0.15) is 5.06 Å². The summed E-state index contributed by atoms with van der Waals surface area (Å²) in [5, 5.41) is 2.27. The van der Waals surface area contributed by atoms with E-state index in [0.29, 0.717) is 5.92 Å². The van der Waals surface area contributed by atoms with E-state index in [4.69, 9.17) is 4.84 Å². The first-order chi connectivity index (χ1) is 7.49. The zero-order valence-electron chi connectivity index (χ0n) is 13.1. The monoisotopic (exact) mass is 241 g/mol. The van der Waals surface area contributed by atoms with Crippen LogP contribution in [-0.2, 0) is 4.84 Å². The minimum absolute atomic E-state index is 0.105. The van der Waals surface area contributed by atoms with Crippen molar-refractivity contribution in [3.05, 3.63) is 0 Å². The van der Waals surface area contributed by atoms with Crippen molar-refractivity contribution < 1.29 is 4.84 Å². The topological polar surface area (TPSA) is 12.5 Å². The molecular formula is C15H31NO. The first kappa shape index (κ1) is 15.0. The fourth-order valence-electron chi connectivity index (χ4n) is 2.56. The van der Waals surface area contributed by atoms with E-state index in [9.17, 15) is 0 Å². The largest absolute Gasteiger partial charge is 0.292 e. The van der Waals surface area contributed by atoms with Gasteiger partial charge in [-0.25, -0.2) is 0 Å². The quantitative estimate of drug-likeness (QED) is 0.726. The molecule has 0 saturated carbocycles. The van der Waals surface area contributed by atoms with Crippen molar-refractivity contribution >= 4 is 0 Å². The summed E-state index contributed by atoms with van der Waals surface area (Å²) in [6.07, 6.45) is 3.72. The molecule has 1 heterocycles. The van der Waals surface area contributed by atoms with Crippen LogP contribution in [-0.4, -0.2) is 21.7 Å². The second-order valence-corrected chi connectivity index (χ2v) is 7.62. The van der Waals surface area contributed by atoms with Crippen LogP contribution in [0.25, 0.3) is 0 Å². The summed E-state index contributed by atoms with van der Waals surface area (Å²) in [4.78, 5) is 6.40. The summed E-state index contributed by atoms with van der Waals surface area (Å²) >= 11 is 0. The zero-order valence-corrected chi connectivity index (χ0v) is 13.1. The van der Waals surface area contributed by atoms with Gasteiger partial charge in [-0.15, -0.1) is 0 Å². The molecule has 0 radical (unpaired) electrons. The maximum atomic E-state index is 6.40. The summed E-state index contributed by atoms with van der Waals surface area (Å²) < 4.78 is 0. The fourth-order valence-corrected chi connectivity index (χ4v) is 2.56. The van der Waals surface area contributed by atoms with Crippen LogP contribution in [0.5, 0.6) is 0 Å². The first-order valence-corrected chi connectivity index (χ1v) is 6.98. The highest BCUT2D eigenvalue weighted by Crippen LogP contribution is 2.40. The van der Waals surface area contributed by atoms with Gasteiger partial charge in [-0.3, -0.25) is 4.84 Å². The number of piperidine rings is 1. The maximum absolute atomic E-state index is 6.40. The van der Waals surface area contributed by atoms with Gasteiger partial charge >= 0.3 is 0 Å². The fraction of sp³-hybridized carbons (Fsp3) is 1.00. The summed E-state index contributed by atoms with van der Waals surface area (Å²) in [6, 6.07) is 0. The van der Waals surface area contributed by atoms with E-state index < -0.39 is 0 Å². The minimum atomic E-state index is -0.105. The first-order valence-electron chi connectivity index (χ1n) is 6.98. The van der Waals surface area contributed by atoms with Crippen LogP contribution in [0.4, 0.5) is 0 Å². The van der Waals surface area contributed by atoms with Gasteiger partial charge in [0.1, 0.15) is 0 Å². The second-order valence-electron chi connectivity index (χ2n) is 7.62. The number of hydroxylamine groups is 2. The Morgan fingerprint density at radius 2 is 1.41 bits per heavy atom. The third kappa shape index (κ3) is 3.23. The lowest BCUT2D eigenvalue weighted by atomic mass is 9.82. The molecule has 0 spiro atoms. The maximum Gasteiger partial charge on any atom is 0.0867 e. The third-order valence-corrected chi connectivity index (χ3v) is 4.39. The third-order valence-electron chi connectivity index (χ3n) is 4.39. The predicted octanol–water partition coefficient (Wildman–Crippen LogP) is 4.40. The van der Waals surface area contributed by atoms with Crippen molar-refractivity contribution in [1.29, 1.82) is 0 Å². The molecule has 102 valence electrons. The Balaban J connectivity index is 2.91. The van der Waals surface area contributed by atoms with Gasteiger partial charge in [0.2, 0.25) is 0 Å². The van der Waals surface area contributed by atoms with E-state index in [-0.39, 0.29) is 16.7 Å². The van der Waals surface area contributed by atoms with Crippen LogP contribution in [0.1, 0.15) is 74.7 Å². The van der Waals surface area contributed by atoms with Gasteiger partial charge in [0.25, 0.3) is 0 Å². The van der Waals surface area contributed by atoms with Crippen LogP contribution in [0.15, 0.2) is 0 Å². The standard InChI is InChI=1S/C15H31NO/c1-12(2)15(7,8)17-16-13(3,4)10-9-11-14(16,5)6/h12H,9-11H2,1-8H3. The molecule has 0 aliphatic carbocycles. The molecule has 0 unspecified atom stereocenters. The van der Waals surface area contributed by atoms with E-state index in [1.807, 2.05) is 0 Å². The lowest BCUT2D eigenvalue weighted by Crippen LogP contribution is -2.61. The molecule has 2 heteroatoms. The Hall–Kier alpha value is -0.0800. The Kier molecular flexibility index (Phi) is 4.01. The molecule has 1 saturated heterocycles. The van der Waals surface area contributed by atoms with Crippen molar-refractivity contribution in [3.63, 3.8) is 0 Å². The van der Waals surface area contributed by atoms with Crippen LogP contribution in [0.3, 0.4) is 0 Å². The summed E-state index contributed by atoms with van der Waals surface area (Å²) in [5.41, 5.74) is 0.160. The minimum Gasteiger partial charge on any atom is -0.292 e. The second kappa shape index (κ2) is 4.55. The van der Waals surface area contributed by atoms with E-state index in [1.54, 1.807) is 0 Å². The molecule has 0 aromatic rings. The van der Waals surface area contributed by atoms with Crippen LogP contribution >= 0.6 is 0 Å². The number of hydrogen-bond donors (Lipinski definition) is 0. The van der Waals surface area contributed by atoms with Crippen LogP contribution < -0.4 is 0 Å². The van der Waals surface area contributed by atoms with Crippen molar-refractivity contribution in [2.24, 2.45) is 5.92 Å². The van der Waals surface area contributed by atoms with E-state index >= 15 is 0 Å². The number of hydrogen-bond acceptors (Lipinski definition) is 2. The van der Waals surface area contributed by atoms with E-state index in [0.717, 1.165) is 0 Å². The van der Waals surface area contributed by atoms with Gasteiger partial charge in [-0.05, 0) is 66.7 Å². The lowest BCUT2D eigenvalue weighted by molar-refractivity contribution is -0.337. The highest BCUT2D eigenvalue weighted by molar-refractivity contribution is 4.93. The Morgan fingerprint density at radius 3 is 1.76 bits per heavy atom. The molecule has 0 N–H and O–H groups in total. The van der Waals surface area contributed by atoms with Gasteiger partial charge in [-0.1, -0.05) is 13.8 Å². The average molecular weight is 241 g/mol. The average Bonchev–Trinajstić information content (AvgIpc) is 2.11. The SMILES string of the molecule is CC(C)C(C)(C)ON1C(C)(C)CCCC1(C)C. The van der Waals surface area contributed by atoms with Gasteiger partial charge < -0.3 is 0 Å². The zero-order chi connectivity index (χ0) is 13.5. The highest BCUT2D eigenvalue weighted by Gasteiger charge is 2.45. The van der Waals surface area contributed by atoms with Crippen LogP contribution in [0.2, 0.25) is 0 Å². The highest BCUT2D eigenvalue weighted by atomic mass is 16.7. The molecule has 0 amide bonds. The smallest absolute Gasteiger partial charge is 0.0867 e. The van der Waals surface area contributed by atoms with Crippen molar-refractivity contribution in [1.82, 2.24) is 5.06 Å². The van der Waals surface area contributed by atoms with E-state index in [1.165, 1.54) is 19.3 Å². The Labute approximate surface area is 108 Å². The molecule has 0 aromatic carbocycles. The van der Waals surface area contributed by atoms with Crippen LogP contribution in [0, 0.1) is 5.92 Å². The molecule has 2 nitrogen and oxygen atoms in total. The van der Waals surface area contributed by atoms with E-state index in [2.05, 4.69) is 60.5 Å². The summed E-state index contributed by atoms with van der Waals surface area (Å²) in [7, 11) is 0. The molecule has 1 rings (SSSR count). The summed E-state index contributed by atoms with van der Waals surface area (Å²) in [5.74, 6) is 0.510. The molecule has 0 aromatic heterocycles. The number of rotatable bonds is 3. The lowest BCUT2D eigenvalue weighted by Gasteiger charge is -2.54. The van der Waals surface area contributed by atoms with Gasteiger partial charge in [0.05, 0.1) is 5.60 Å². The molecular weight excluding hydrogens is 210 g/mol. The number of nitrogens with zero attached hydrogens (tertiary/aromatic N) is 1. The normalized spacial score (nSPS) is 25.2. The predicted molar refractivity (Wildman–Crippen MR) is 73.9 cm³/mol. The summed E-state index contributed by atoms with van der Waals surface area (Å²) in [6.45, 7) is 18.0. The van der Waals surface area contributed by atoms with Gasteiger partial charge in [0.15, 0.2) is 0 Å². The van der Waals surface area contributed by atoms with Crippen molar-refractivity contribution in [2.45, 2.75) is 91.3 Å². The Bertz CT molecular complexity index is 250. The molecule has 17 heavy (non-hydrogen) atoms. The Morgan fingerprint density at radius 1 is 1.00 bits per heavy atom. The molecule has 0 atom stereocenters. The molecule has 1 aliphatic heterocycles. The molecule has 1 aliphatic rings. The van der Waals surface area contributed by atoms with Gasteiger partial charge in [0, 0.05) is 11.1 Å².